The van der Waals surface area contributed by atoms with Crippen molar-refractivity contribution in [2.45, 2.75) is 12.5 Å². The van der Waals surface area contributed by atoms with E-state index >= 15 is 0 Å². The Bertz CT molecular complexity index is 874. The van der Waals surface area contributed by atoms with Gasteiger partial charge in [-0.15, -0.1) is 0 Å². The van der Waals surface area contributed by atoms with Gasteiger partial charge in [0, 0.05) is 29.2 Å². The Morgan fingerprint density at radius 2 is 1.80 bits per heavy atom. The highest BCUT2D eigenvalue weighted by atomic mass is 16.5. The van der Waals surface area contributed by atoms with Crippen molar-refractivity contribution in [3.63, 3.8) is 0 Å². The molecule has 0 spiro atoms. The Labute approximate surface area is 145 Å². The number of benzene rings is 2. The number of rotatable bonds is 5. The number of H-pyrrole nitrogens is 1. The van der Waals surface area contributed by atoms with Gasteiger partial charge in [-0.05, 0) is 23.8 Å². The number of hydrogen-bond acceptors (Lipinski definition) is 3. The number of fused-ring (bicyclic) bond motifs is 1. The predicted octanol–water partition coefficient (Wildman–Crippen LogP) is 3.07. The third kappa shape index (κ3) is 3.98. The molecule has 128 valence electrons. The monoisotopic (exact) mass is 337 g/mol. The first-order valence-electron chi connectivity index (χ1n) is 7.93. The van der Waals surface area contributed by atoms with Gasteiger partial charge in [-0.2, -0.15) is 0 Å². The second-order valence-corrected chi connectivity index (χ2v) is 5.61. The fourth-order valence-electron chi connectivity index (χ4n) is 2.68. The maximum Gasteiger partial charge on any atom is 0.407 e. The molecule has 3 N–H and O–H groups in total. The maximum atomic E-state index is 12.6. The summed E-state index contributed by atoms with van der Waals surface area (Å²) in [6.07, 6.45) is 1.55. The molecule has 3 rings (SSSR count). The van der Waals surface area contributed by atoms with E-state index in [4.69, 9.17) is 0 Å². The van der Waals surface area contributed by atoms with E-state index in [1.807, 2.05) is 48.7 Å². The van der Waals surface area contributed by atoms with Crippen molar-refractivity contribution in [2.24, 2.45) is 0 Å². The van der Waals surface area contributed by atoms with Crippen molar-refractivity contribution in [1.82, 2.24) is 10.3 Å². The standard InChI is InChI=1S/C19H19N3O3/c1-25-19(24)22-17(18(23)21-14-7-3-2-4-8-14)11-13-12-20-16-10-6-5-9-15(13)16/h2-10,12,17,20H,11H2,1H3,(H,21,23)(H,22,24)/t17-/m0/s1. The maximum absolute atomic E-state index is 12.6. The Hall–Kier alpha value is -3.28. The number of ether oxygens (including phenoxy) is 1. The first-order chi connectivity index (χ1) is 12.2. The second-order valence-electron chi connectivity index (χ2n) is 5.61. The summed E-state index contributed by atoms with van der Waals surface area (Å²) in [4.78, 5) is 27.5. The molecule has 25 heavy (non-hydrogen) atoms. The average Bonchev–Trinajstić information content (AvgIpc) is 3.05. The number of methoxy groups -OCH3 is 1. The van der Waals surface area contributed by atoms with Gasteiger partial charge in [0.15, 0.2) is 0 Å². The minimum Gasteiger partial charge on any atom is -0.453 e. The molecule has 1 aromatic heterocycles. The Balaban J connectivity index is 1.81. The van der Waals surface area contributed by atoms with Crippen LogP contribution in [0.25, 0.3) is 10.9 Å². The highest BCUT2D eigenvalue weighted by Gasteiger charge is 2.23. The summed E-state index contributed by atoms with van der Waals surface area (Å²) in [7, 11) is 1.27. The molecule has 6 heteroatoms. The molecular formula is C19H19N3O3. The second kappa shape index (κ2) is 7.53. The molecule has 0 radical (unpaired) electrons. The molecule has 0 saturated carbocycles. The van der Waals surface area contributed by atoms with E-state index in [9.17, 15) is 9.59 Å². The molecule has 0 aliphatic carbocycles. The van der Waals surface area contributed by atoms with Gasteiger partial charge in [0.1, 0.15) is 6.04 Å². The lowest BCUT2D eigenvalue weighted by Crippen LogP contribution is -2.45. The molecule has 0 aliphatic rings. The van der Waals surface area contributed by atoms with Crippen molar-refractivity contribution in [1.29, 1.82) is 0 Å². The lowest BCUT2D eigenvalue weighted by molar-refractivity contribution is -0.118. The van der Waals surface area contributed by atoms with Gasteiger partial charge >= 0.3 is 6.09 Å². The van der Waals surface area contributed by atoms with Crippen molar-refractivity contribution in [3.05, 3.63) is 66.4 Å². The summed E-state index contributed by atoms with van der Waals surface area (Å²) in [6, 6.07) is 16.2. The van der Waals surface area contributed by atoms with Crippen LogP contribution in [-0.2, 0) is 16.0 Å². The highest BCUT2D eigenvalue weighted by Crippen LogP contribution is 2.19. The lowest BCUT2D eigenvalue weighted by Gasteiger charge is -2.17. The van der Waals surface area contributed by atoms with Crippen LogP contribution in [0.3, 0.4) is 0 Å². The van der Waals surface area contributed by atoms with Gasteiger partial charge < -0.3 is 20.4 Å². The van der Waals surface area contributed by atoms with E-state index in [2.05, 4.69) is 20.4 Å². The fraction of sp³-hybridized carbons (Fsp3) is 0.158. The van der Waals surface area contributed by atoms with E-state index in [0.29, 0.717) is 12.1 Å². The molecule has 0 unspecified atom stereocenters. The normalized spacial score (nSPS) is 11.7. The molecule has 0 bridgehead atoms. The van der Waals surface area contributed by atoms with Crippen LogP contribution in [0.15, 0.2) is 60.8 Å². The molecule has 1 atom stereocenters. The summed E-state index contributed by atoms with van der Waals surface area (Å²) in [5.41, 5.74) is 2.60. The van der Waals surface area contributed by atoms with Crippen molar-refractivity contribution >= 4 is 28.6 Å². The SMILES string of the molecule is COC(=O)N[C@@H](Cc1c[nH]c2ccccc12)C(=O)Nc1ccccc1. The summed E-state index contributed by atoms with van der Waals surface area (Å²) in [5.74, 6) is -0.304. The summed E-state index contributed by atoms with van der Waals surface area (Å²) >= 11 is 0. The zero-order valence-corrected chi connectivity index (χ0v) is 13.8. The number of amides is 2. The van der Waals surface area contributed by atoms with Crippen molar-refractivity contribution in [3.8, 4) is 0 Å². The fourth-order valence-corrected chi connectivity index (χ4v) is 2.68. The molecule has 0 saturated heterocycles. The first-order valence-corrected chi connectivity index (χ1v) is 7.93. The molecule has 6 nitrogen and oxygen atoms in total. The number of carbonyl (C=O) groups is 2. The van der Waals surface area contributed by atoms with Gasteiger partial charge in [-0.3, -0.25) is 4.79 Å². The van der Waals surface area contributed by atoms with Crippen LogP contribution >= 0.6 is 0 Å². The molecule has 1 heterocycles. The zero-order valence-electron chi connectivity index (χ0n) is 13.8. The predicted molar refractivity (Wildman–Crippen MR) is 96.4 cm³/mol. The molecule has 3 aromatic rings. The van der Waals surface area contributed by atoms with Gasteiger partial charge in [-0.25, -0.2) is 4.79 Å². The summed E-state index contributed by atoms with van der Waals surface area (Å²) in [5, 5.41) is 6.44. The number of aromatic amines is 1. The lowest BCUT2D eigenvalue weighted by atomic mass is 10.0. The minimum absolute atomic E-state index is 0.304. The van der Waals surface area contributed by atoms with E-state index in [1.54, 1.807) is 12.1 Å². The number of para-hydroxylation sites is 2. The topological polar surface area (TPSA) is 83.2 Å². The molecule has 0 aliphatic heterocycles. The minimum atomic E-state index is -0.758. The smallest absolute Gasteiger partial charge is 0.407 e. The summed E-state index contributed by atoms with van der Waals surface area (Å²) < 4.78 is 4.65. The zero-order chi connectivity index (χ0) is 17.6. The van der Waals surface area contributed by atoms with E-state index in [0.717, 1.165) is 16.5 Å². The number of aromatic nitrogens is 1. The van der Waals surface area contributed by atoms with Gasteiger partial charge in [0.2, 0.25) is 5.91 Å². The Morgan fingerprint density at radius 3 is 2.56 bits per heavy atom. The molecule has 0 fully saturated rings. The van der Waals surface area contributed by atoms with Crippen LogP contribution in [0.4, 0.5) is 10.5 Å². The molecular weight excluding hydrogens is 318 g/mol. The van der Waals surface area contributed by atoms with Crippen molar-refractivity contribution < 1.29 is 14.3 Å². The molecule has 2 aromatic carbocycles. The van der Waals surface area contributed by atoms with E-state index < -0.39 is 12.1 Å². The van der Waals surface area contributed by atoms with E-state index in [-0.39, 0.29) is 5.91 Å². The highest BCUT2D eigenvalue weighted by molar-refractivity contribution is 5.97. The van der Waals surface area contributed by atoms with Gasteiger partial charge in [-0.1, -0.05) is 36.4 Å². The first kappa shape index (κ1) is 16.6. The number of alkyl carbamates (subject to hydrolysis) is 1. The Morgan fingerprint density at radius 1 is 1.08 bits per heavy atom. The number of anilines is 1. The van der Waals surface area contributed by atoms with Crippen LogP contribution in [0.1, 0.15) is 5.56 Å². The quantitative estimate of drug-likeness (QED) is 0.669. The van der Waals surface area contributed by atoms with Crippen LogP contribution in [0.2, 0.25) is 0 Å². The van der Waals surface area contributed by atoms with E-state index in [1.165, 1.54) is 7.11 Å². The van der Waals surface area contributed by atoms with Crippen LogP contribution in [0.5, 0.6) is 0 Å². The summed E-state index contributed by atoms with van der Waals surface area (Å²) in [6.45, 7) is 0. The van der Waals surface area contributed by atoms with Gasteiger partial charge in [0.25, 0.3) is 0 Å². The number of carbonyl (C=O) groups excluding carboxylic acids is 2. The largest absolute Gasteiger partial charge is 0.453 e. The third-order valence-electron chi connectivity index (χ3n) is 3.93. The third-order valence-corrected chi connectivity index (χ3v) is 3.93. The average molecular weight is 337 g/mol. The Kier molecular flexibility index (Phi) is 4.99. The van der Waals surface area contributed by atoms with Crippen LogP contribution in [-0.4, -0.2) is 30.1 Å². The number of hydrogen-bond donors (Lipinski definition) is 3. The van der Waals surface area contributed by atoms with Crippen molar-refractivity contribution in [2.75, 3.05) is 12.4 Å². The molecule has 2 amide bonds. The van der Waals surface area contributed by atoms with Crippen LogP contribution < -0.4 is 10.6 Å². The number of nitrogens with one attached hydrogen (secondary N) is 3. The van der Waals surface area contributed by atoms with Crippen LogP contribution in [0, 0.1) is 0 Å². The van der Waals surface area contributed by atoms with Gasteiger partial charge in [0.05, 0.1) is 7.11 Å².